The lowest BCUT2D eigenvalue weighted by Gasteiger charge is -2.67. The molecule has 4 aliphatic carbocycles. The average molecular weight is 527 g/mol. The zero-order chi connectivity index (χ0) is 28.0. The largest absolute Gasteiger partial charge is 0.462 e. The molecule has 206 valence electrons. The standard InChI is InChI=1S/C30H38O8/c1-15(31)36-23-14-21-27(3,4)22(34)9-11-29(21,6)20-8-10-28(5)18(13-19(33)25(28)30(20,23)7)17-12-24(37-16(2)32)38-26(17)35/h9,11-12,18,20-21,23-25H,8,10,13-14H2,1-7H3/t18-,20+,21?,23+,24+,25-,28-,29+,30-/m0/s1. The predicted octanol–water partition coefficient (Wildman–Crippen LogP) is 4.11. The molecule has 0 saturated heterocycles. The lowest BCUT2D eigenvalue weighted by molar-refractivity contribution is -0.222. The molecule has 38 heavy (non-hydrogen) atoms. The first kappa shape index (κ1) is 26.8. The third-order valence-corrected chi connectivity index (χ3v) is 11.0. The number of hydrogen-bond donors (Lipinski definition) is 0. The van der Waals surface area contributed by atoms with Crippen molar-refractivity contribution < 1.29 is 38.2 Å². The van der Waals surface area contributed by atoms with Gasteiger partial charge in [-0.2, -0.15) is 0 Å². The van der Waals surface area contributed by atoms with Gasteiger partial charge in [-0.15, -0.1) is 0 Å². The van der Waals surface area contributed by atoms with E-state index in [0.717, 1.165) is 6.42 Å². The Morgan fingerprint density at radius 1 is 0.974 bits per heavy atom. The number of fused-ring (bicyclic) bond motifs is 5. The van der Waals surface area contributed by atoms with Crippen LogP contribution < -0.4 is 0 Å². The second kappa shape index (κ2) is 8.36. The normalized spacial score (nSPS) is 44.9. The third kappa shape index (κ3) is 3.51. The summed E-state index contributed by atoms with van der Waals surface area (Å²) in [6, 6.07) is 0. The average Bonchev–Trinajstić information content (AvgIpc) is 3.28. The first-order chi connectivity index (χ1) is 17.6. The highest BCUT2D eigenvalue weighted by atomic mass is 16.7. The fourth-order valence-corrected chi connectivity index (χ4v) is 9.51. The van der Waals surface area contributed by atoms with Crippen LogP contribution in [0.4, 0.5) is 0 Å². The van der Waals surface area contributed by atoms with E-state index < -0.39 is 58.4 Å². The summed E-state index contributed by atoms with van der Waals surface area (Å²) in [6.45, 7) is 12.9. The van der Waals surface area contributed by atoms with Crippen molar-refractivity contribution in [3.63, 3.8) is 0 Å². The summed E-state index contributed by atoms with van der Waals surface area (Å²) in [7, 11) is 0. The molecule has 5 rings (SSSR count). The molecule has 0 radical (unpaired) electrons. The van der Waals surface area contributed by atoms with Crippen LogP contribution in [0.5, 0.6) is 0 Å². The van der Waals surface area contributed by atoms with Crippen LogP contribution in [0, 0.1) is 45.3 Å². The summed E-state index contributed by atoms with van der Waals surface area (Å²) >= 11 is 0. The minimum atomic E-state index is -1.09. The van der Waals surface area contributed by atoms with Gasteiger partial charge in [0.05, 0.1) is 0 Å². The van der Waals surface area contributed by atoms with Gasteiger partial charge in [-0.25, -0.2) is 4.79 Å². The smallest absolute Gasteiger partial charge is 0.337 e. The van der Waals surface area contributed by atoms with Crippen molar-refractivity contribution in [2.45, 2.75) is 86.5 Å². The van der Waals surface area contributed by atoms with Crippen LogP contribution in [0.25, 0.3) is 0 Å². The van der Waals surface area contributed by atoms with Gasteiger partial charge in [-0.05, 0) is 48.0 Å². The van der Waals surface area contributed by atoms with E-state index in [1.165, 1.54) is 19.9 Å². The van der Waals surface area contributed by atoms with E-state index in [1.54, 1.807) is 6.08 Å². The molecule has 8 nitrogen and oxygen atoms in total. The first-order valence-electron chi connectivity index (χ1n) is 13.6. The Kier molecular flexibility index (Phi) is 5.90. The van der Waals surface area contributed by atoms with Crippen molar-refractivity contribution in [1.29, 1.82) is 0 Å². The SMILES string of the molecule is CC(=O)O[C@H]1C=C([C@@H]2CC(=O)[C@H]3[C@@]2(C)CC[C@H]2[C@@]3(C)[C@H](OC(C)=O)CC3C(C)(C)C(=O)C=C[C@@]32C)C(=O)O1. The zero-order valence-electron chi connectivity index (χ0n) is 23.3. The molecule has 0 amide bonds. The Bertz CT molecular complexity index is 1190. The third-order valence-electron chi connectivity index (χ3n) is 11.0. The van der Waals surface area contributed by atoms with E-state index in [2.05, 4.69) is 20.8 Å². The van der Waals surface area contributed by atoms with Crippen molar-refractivity contribution in [1.82, 2.24) is 0 Å². The van der Waals surface area contributed by atoms with Crippen LogP contribution in [-0.4, -0.2) is 41.9 Å². The molecule has 8 heteroatoms. The fraction of sp³-hybridized carbons (Fsp3) is 0.700. The molecule has 3 saturated carbocycles. The topological polar surface area (TPSA) is 113 Å². The van der Waals surface area contributed by atoms with Gasteiger partial charge < -0.3 is 14.2 Å². The summed E-state index contributed by atoms with van der Waals surface area (Å²) in [6.07, 6.45) is 5.73. The van der Waals surface area contributed by atoms with Gasteiger partial charge in [0, 0.05) is 54.6 Å². The number of rotatable bonds is 3. The number of ketones is 2. The summed E-state index contributed by atoms with van der Waals surface area (Å²) in [5.74, 6) is -2.34. The van der Waals surface area contributed by atoms with Gasteiger partial charge >= 0.3 is 17.9 Å². The van der Waals surface area contributed by atoms with E-state index in [4.69, 9.17) is 14.2 Å². The first-order valence-corrected chi connectivity index (χ1v) is 13.6. The second-order valence-corrected chi connectivity index (χ2v) is 13.3. The number of carbonyl (C=O) groups excluding carboxylic acids is 5. The van der Waals surface area contributed by atoms with Crippen molar-refractivity contribution in [2.24, 2.45) is 45.3 Å². The van der Waals surface area contributed by atoms with Crippen LogP contribution in [0.15, 0.2) is 23.8 Å². The minimum Gasteiger partial charge on any atom is -0.462 e. The molecule has 0 spiro atoms. The van der Waals surface area contributed by atoms with Gasteiger partial charge in [-0.1, -0.05) is 40.7 Å². The van der Waals surface area contributed by atoms with Crippen molar-refractivity contribution >= 4 is 29.5 Å². The maximum absolute atomic E-state index is 14.0. The van der Waals surface area contributed by atoms with Gasteiger partial charge in [0.2, 0.25) is 0 Å². The lowest BCUT2D eigenvalue weighted by Crippen LogP contribution is -2.67. The van der Waals surface area contributed by atoms with Crippen molar-refractivity contribution in [3.05, 3.63) is 23.8 Å². The lowest BCUT2D eigenvalue weighted by atomic mass is 9.37. The van der Waals surface area contributed by atoms with Gasteiger partial charge in [0.15, 0.2) is 5.78 Å². The molecule has 0 aromatic carbocycles. The molecule has 0 aromatic rings. The maximum atomic E-state index is 14.0. The number of carbonyl (C=O) groups is 5. The zero-order valence-corrected chi connectivity index (χ0v) is 23.3. The molecule has 5 aliphatic rings. The number of ether oxygens (including phenoxy) is 3. The molecular formula is C30H38O8. The van der Waals surface area contributed by atoms with Crippen molar-refractivity contribution in [2.75, 3.05) is 0 Å². The molecule has 0 bridgehead atoms. The number of esters is 3. The molecule has 1 aliphatic heterocycles. The number of allylic oxidation sites excluding steroid dienone is 2. The fourth-order valence-electron chi connectivity index (χ4n) is 9.51. The summed E-state index contributed by atoms with van der Waals surface area (Å²) < 4.78 is 16.4. The molecule has 9 atom stereocenters. The molecule has 1 unspecified atom stereocenters. The summed E-state index contributed by atoms with van der Waals surface area (Å²) in [5, 5.41) is 0. The van der Waals surface area contributed by atoms with Crippen LogP contribution >= 0.6 is 0 Å². The monoisotopic (exact) mass is 526 g/mol. The Hall–Kier alpha value is -2.77. The number of hydrogen-bond acceptors (Lipinski definition) is 8. The Labute approximate surface area is 223 Å². The molecule has 0 N–H and O–H groups in total. The number of cyclic esters (lactones) is 1. The Morgan fingerprint density at radius 3 is 2.26 bits per heavy atom. The molecule has 3 fully saturated rings. The quantitative estimate of drug-likeness (QED) is 0.505. The summed E-state index contributed by atoms with van der Waals surface area (Å²) in [4.78, 5) is 63.7. The van der Waals surface area contributed by atoms with Crippen LogP contribution in [-0.2, 0) is 38.2 Å². The van der Waals surface area contributed by atoms with Gasteiger partial charge in [-0.3, -0.25) is 19.2 Å². The van der Waals surface area contributed by atoms with Crippen LogP contribution in [0.1, 0.15) is 74.1 Å². The molecule has 0 aromatic heterocycles. The summed E-state index contributed by atoms with van der Waals surface area (Å²) in [5.41, 5.74) is -1.89. The van der Waals surface area contributed by atoms with E-state index in [-0.39, 0.29) is 35.2 Å². The van der Waals surface area contributed by atoms with Crippen LogP contribution in [0.2, 0.25) is 0 Å². The highest BCUT2D eigenvalue weighted by Crippen LogP contribution is 2.73. The maximum Gasteiger partial charge on any atom is 0.337 e. The predicted molar refractivity (Wildman–Crippen MR) is 135 cm³/mol. The van der Waals surface area contributed by atoms with E-state index in [9.17, 15) is 24.0 Å². The van der Waals surface area contributed by atoms with Gasteiger partial charge in [0.25, 0.3) is 6.29 Å². The van der Waals surface area contributed by atoms with Crippen LogP contribution in [0.3, 0.4) is 0 Å². The Morgan fingerprint density at radius 2 is 1.63 bits per heavy atom. The highest BCUT2D eigenvalue weighted by Gasteiger charge is 2.73. The van der Waals surface area contributed by atoms with E-state index in [1.807, 2.05) is 19.9 Å². The second-order valence-electron chi connectivity index (χ2n) is 13.3. The van der Waals surface area contributed by atoms with Gasteiger partial charge in [0.1, 0.15) is 11.9 Å². The van der Waals surface area contributed by atoms with E-state index >= 15 is 0 Å². The van der Waals surface area contributed by atoms with Crippen molar-refractivity contribution in [3.8, 4) is 0 Å². The Balaban J connectivity index is 1.60. The molecular weight excluding hydrogens is 488 g/mol. The number of Topliss-reactive ketones (excluding diaryl/α,β-unsaturated/α-hetero) is 1. The highest BCUT2D eigenvalue weighted by molar-refractivity contribution is 5.96. The molecule has 1 heterocycles. The van der Waals surface area contributed by atoms with E-state index in [0.29, 0.717) is 18.4 Å². The minimum absolute atomic E-state index is 0.0131.